The van der Waals surface area contributed by atoms with Crippen LogP contribution < -0.4 is 4.90 Å². The lowest BCUT2D eigenvalue weighted by atomic mass is 9.91. The number of benzene rings is 1. The van der Waals surface area contributed by atoms with Crippen LogP contribution in [0.5, 0.6) is 11.5 Å². The van der Waals surface area contributed by atoms with Crippen LogP contribution >= 0.6 is 23.2 Å². The number of hydrogen-bond acceptors (Lipinski definition) is 6. The van der Waals surface area contributed by atoms with Gasteiger partial charge in [0.05, 0.1) is 16.8 Å². The minimum atomic E-state index is -0.774. The average molecular weight is 357 g/mol. The molecular formula is C15H14Cl2N2O4. The van der Waals surface area contributed by atoms with Crippen molar-refractivity contribution < 1.29 is 19.8 Å². The molecule has 3 rings (SSSR count). The smallest absolute Gasteiger partial charge is 0.210 e. The molecule has 0 saturated carbocycles. The molecule has 6 nitrogen and oxygen atoms in total. The van der Waals surface area contributed by atoms with Crippen molar-refractivity contribution in [3.8, 4) is 11.5 Å². The van der Waals surface area contributed by atoms with E-state index in [1.165, 1.54) is 6.07 Å². The normalized spacial score (nSPS) is 19.3. The Labute approximate surface area is 142 Å². The number of phenolic OH excluding ortho intramolecular Hbond substituents is 2. The maximum absolute atomic E-state index is 12.3. The zero-order chi connectivity index (χ0) is 16.9. The number of ketones is 2. The van der Waals surface area contributed by atoms with Gasteiger partial charge in [0.2, 0.25) is 11.6 Å². The van der Waals surface area contributed by atoms with Crippen LogP contribution in [0.3, 0.4) is 0 Å². The Morgan fingerprint density at radius 2 is 1.48 bits per heavy atom. The Hall–Kier alpha value is -1.76. The number of hydrogen-bond donors (Lipinski definition) is 2. The van der Waals surface area contributed by atoms with Gasteiger partial charge in [-0.3, -0.25) is 9.59 Å². The highest BCUT2D eigenvalue weighted by Gasteiger charge is 2.37. The fourth-order valence-electron chi connectivity index (χ4n) is 2.80. The molecular weight excluding hydrogens is 343 g/mol. The monoisotopic (exact) mass is 356 g/mol. The van der Waals surface area contributed by atoms with E-state index in [0.29, 0.717) is 18.8 Å². The van der Waals surface area contributed by atoms with Crippen molar-refractivity contribution in [3.05, 3.63) is 27.3 Å². The molecule has 0 bridgehead atoms. The van der Waals surface area contributed by atoms with Crippen molar-refractivity contribution in [2.75, 3.05) is 38.1 Å². The van der Waals surface area contributed by atoms with Gasteiger partial charge < -0.3 is 20.0 Å². The number of fused-ring (bicyclic) bond motifs is 1. The lowest BCUT2D eigenvalue weighted by Crippen LogP contribution is -2.44. The number of carbonyl (C=O) groups is 2. The number of piperazine rings is 1. The van der Waals surface area contributed by atoms with E-state index in [0.717, 1.165) is 13.1 Å². The van der Waals surface area contributed by atoms with E-state index in [-0.39, 0.29) is 16.9 Å². The van der Waals surface area contributed by atoms with Crippen LogP contribution in [0.15, 0.2) is 16.1 Å². The number of Topliss-reactive ketones (excluding diaryl/α,β-unsaturated/α-hetero) is 2. The van der Waals surface area contributed by atoms with Gasteiger partial charge in [-0.1, -0.05) is 23.2 Å². The number of aromatic hydroxyl groups is 2. The maximum atomic E-state index is 12.3. The molecule has 1 aliphatic carbocycles. The third-order valence-corrected chi connectivity index (χ3v) is 4.97. The van der Waals surface area contributed by atoms with Crippen LogP contribution in [0.4, 0.5) is 5.69 Å². The number of rotatable bonds is 1. The van der Waals surface area contributed by atoms with Crippen LogP contribution in [-0.2, 0) is 0 Å². The summed E-state index contributed by atoms with van der Waals surface area (Å²) >= 11 is 11.5. The van der Waals surface area contributed by atoms with Crippen molar-refractivity contribution in [3.63, 3.8) is 0 Å². The standard InChI is InChI=1S/C15H14Cl2N2O4/c1-18-2-4-19(5-3-18)7-6-8(20)9-10(13(7)21)15(23)12(17)11(16)14(9)22/h6,20-21H,2-5H2,1H3. The first-order valence-electron chi connectivity index (χ1n) is 7.00. The molecule has 2 N–H and O–H groups in total. The van der Waals surface area contributed by atoms with Crippen LogP contribution in [-0.4, -0.2) is 59.9 Å². The van der Waals surface area contributed by atoms with Gasteiger partial charge in [-0.25, -0.2) is 0 Å². The number of carbonyl (C=O) groups excluding carboxylic acids is 2. The van der Waals surface area contributed by atoms with Gasteiger partial charge in [0.25, 0.3) is 0 Å². The summed E-state index contributed by atoms with van der Waals surface area (Å²) in [5.41, 5.74) is -0.295. The van der Waals surface area contributed by atoms with Gasteiger partial charge >= 0.3 is 0 Å². The molecule has 1 aromatic carbocycles. The third kappa shape index (κ3) is 2.47. The highest BCUT2D eigenvalue weighted by atomic mass is 35.5. The number of allylic oxidation sites excluding steroid dienone is 2. The van der Waals surface area contributed by atoms with Crippen LogP contribution in [0.2, 0.25) is 0 Å². The first-order chi connectivity index (χ1) is 10.8. The fourth-order valence-corrected chi connectivity index (χ4v) is 3.16. The molecule has 0 atom stereocenters. The van der Waals surface area contributed by atoms with Gasteiger partial charge in [0.15, 0.2) is 5.75 Å². The minimum Gasteiger partial charge on any atom is -0.507 e. The van der Waals surface area contributed by atoms with E-state index in [9.17, 15) is 19.8 Å². The van der Waals surface area contributed by atoms with Gasteiger partial charge in [-0.05, 0) is 7.05 Å². The molecule has 0 unspecified atom stereocenters. The number of halogens is 2. The van der Waals surface area contributed by atoms with E-state index < -0.39 is 27.4 Å². The van der Waals surface area contributed by atoms with Gasteiger partial charge in [-0.15, -0.1) is 0 Å². The lowest BCUT2D eigenvalue weighted by molar-refractivity contribution is 0.0982. The molecule has 2 aliphatic rings. The third-order valence-electron chi connectivity index (χ3n) is 4.15. The minimum absolute atomic E-state index is 0.293. The molecule has 8 heteroatoms. The Morgan fingerprint density at radius 3 is 2.04 bits per heavy atom. The second-order valence-electron chi connectivity index (χ2n) is 5.59. The maximum Gasteiger partial charge on any atom is 0.210 e. The summed E-state index contributed by atoms with van der Waals surface area (Å²) in [6, 6.07) is 1.29. The molecule has 1 heterocycles. The van der Waals surface area contributed by atoms with E-state index in [1.54, 1.807) is 0 Å². The fraction of sp³-hybridized carbons (Fsp3) is 0.333. The average Bonchev–Trinajstić information content (AvgIpc) is 2.53. The Morgan fingerprint density at radius 1 is 0.957 bits per heavy atom. The summed E-state index contributed by atoms with van der Waals surface area (Å²) in [5.74, 6) is -2.30. The van der Waals surface area contributed by atoms with E-state index in [2.05, 4.69) is 4.90 Å². The zero-order valence-electron chi connectivity index (χ0n) is 12.3. The highest BCUT2D eigenvalue weighted by molar-refractivity contribution is 6.59. The summed E-state index contributed by atoms with van der Waals surface area (Å²) in [4.78, 5) is 28.4. The number of phenols is 2. The van der Waals surface area contributed by atoms with Crippen LogP contribution in [0, 0.1) is 0 Å². The molecule has 1 fully saturated rings. The molecule has 23 heavy (non-hydrogen) atoms. The lowest BCUT2D eigenvalue weighted by Gasteiger charge is -2.35. The molecule has 122 valence electrons. The second-order valence-corrected chi connectivity index (χ2v) is 6.35. The van der Waals surface area contributed by atoms with E-state index in [4.69, 9.17) is 23.2 Å². The molecule has 0 aromatic heterocycles. The Balaban J connectivity index is 2.14. The molecule has 1 aromatic rings. The SMILES string of the molecule is CN1CCN(c2cc(O)c3c(c2O)C(=O)C(Cl)=C(Cl)C3=O)CC1. The van der Waals surface area contributed by atoms with Crippen molar-refractivity contribution >= 4 is 40.5 Å². The van der Waals surface area contributed by atoms with Crippen molar-refractivity contribution in [2.24, 2.45) is 0 Å². The molecule has 0 spiro atoms. The van der Waals surface area contributed by atoms with Crippen LogP contribution in [0.25, 0.3) is 0 Å². The summed E-state index contributed by atoms with van der Waals surface area (Å²) < 4.78 is 0. The number of nitrogens with zero attached hydrogens (tertiary/aromatic N) is 2. The van der Waals surface area contributed by atoms with Crippen molar-refractivity contribution in [2.45, 2.75) is 0 Å². The topological polar surface area (TPSA) is 81.1 Å². The Kier molecular flexibility index (Phi) is 4.00. The number of anilines is 1. The molecule has 1 saturated heterocycles. The largest absolute Gasteiger partial charge is 0.507 e. The first kappa shape index (κ1) is 16.1. The molecule has 0 amide bonds. The van der Waals surface area contributed by atoms with Gasteiger partial charge in [0, 0.05) is 32.2 Å². The second kappa shape index (κ2) is 5.70. The van der Waals surface area contributed by atoms with E-state index >= 15 is 0 Å². The summed E-state index contributed by atoms with van der Waals surface area (Å²) in [7, 11) is 1.98. The number of likely N-dealkylation sites (N-methyl/N-ethyl adjacent to an activating group) is 1. The summed E-state index contributed by atoms with van der Waals surface area (Å²) in [6.07, 6.45) is 0. The van der Waals surface area contributed by atoms with Gasteiger partial charge in [-0.2, -0.15) is 0 Å². The predicted molar refractivity (Wildman–Crippen MR) is 86.9 cm³/mol. The molecule has 1 aliphatic heterocycles. The van der Waals surface area contributed by atoms with Crippen LogP contribution in [0.1, 0.15) is 20.7 Å². The highest BCUT2D eigenvalue weighted by Crippen LogP contribution is 2.44. The quantitative estimate of drug-likeness (QED) is 0.748. The van der Waals surface area contributed by atoms with Crippen molar-refractivity contribution in [1.29, 1.82) is 0 Å². The predicted octanol–water partition coefficient (Wildman–Crippen LogP) is 1.92. The van der Waals surface area contributed by atoms with Gasteiger partial charge in [0.1, 0.15) is 15.8 Å². The Bertz CT molecular complexity index is 752. The first-order valence-corrected chi connectivity index (χ1v) is 7.75. The van der Waals surface area contributed by atoms with E-state index in [1.807, 2.05) is 11.9 Å². The van der Waals surface area contributed by atoms with Crippen molar-refractivity contribution in [1.82, 2.24) is 4.90 Å². The zero-order valence-corrected chi connectivity index (χ0v) is 13.8. The molecule has 0 radical (unpaired) electrons. The summed E-state index contributed by atoms with van der Waals surface area (Å²) in [6.45, 7) is 2.79. The summed E-state index contributed by atoms with van der Waals surface area (Å²) in [5, 5.41) is 19.8.